The number of benzene rings is 2. The average molecular weight is 423 g/mol. The van der Waals surface area contributed by atoms with Crippen LogP contribution >= 0.6 is 11.6 Å². The Hall–Kier alpha value is -3.09. The van der Waals surface area contributed by atoms with E-state index in [-0.39, 0.29) is 17.6 Å². The van der Waals surface area contributed by atoms with E-state index >= 15 is 0 Å². The Morgan fingerprint density at radius 1 is 1.20 bits per heavy atom. The minimum absolute atomic E-state index is 0.0272. The molecule has 0 unspecified atom stereocenters. The maximum atomic E-state index is 12.8. The van der Waals surface area contributed by atoms with E-state index in [4.69, 9.17) is 16.1 Å². The quantitative estimate of drug-likeness (QED) is 0.625. The van der Waals surface area contributed by atoms with Gasteiger partial charge < -0.3 is 14.8 Å². The molecule has 6 nitrogen and oxygen atoms in total. The van der Waals surface area contributed by atoms with Gasteiger partial charge in [0, 0.05) is 22.3 Å². The van der Waals surface area contributed by atoms with Gasteiger partial charge in [-0.1, -0.05) is 41.0 Å². The molecule has 2 aromatic carbocycles. The molecule has 0 bridgehead atoms. The number of carbonyl (C=O) groups is 1. The Bertz CT molecular complexity index is 1100. The van der Waals surface area contributed by atoms with Crippen LogP contribution in [0.15, 0.2) is 70.5 Å². The highest BCUT2D eigenvalue weighted by Crippen LogP contribution is 2.24. The summed E-state index contributed by atoms with van der Waals surface area (Å²) in [7, 11) is 0. The maximum Gasteiger partial charge on any atom is 0.277 e. The topological polar surface area (TPSA) is 70.4 Å². The lowest BCUT2D eigenvalue weighted by Crippen LogP contribution is -2.37. The molecule has 1 aromatic heterocycles. The van der Waals surface area contributed by atoms with Crippen molar-refractivity contribution in [2.75, 3.05) is 0 Å². The SMILES string of the molecule is CC1=C(NC(=O)c2cc(-c3ccc(Cl)cc3)on2)[C@H](C)NN1Cc1ccccc1C. The van der Waals surface area contributed by atoms with Crippen molar-refractivity contribution in [1.82, 2.24) is 20.9 Å². The van der Waals surface area contributed by atoms with Gasteiger partial charge in [-0.15, -0.1) is 0 Å². The Morgan fingerprint density at radius 3 is 2.67 bits per heavy atom. The van der Waals surface area contributed by atoms with E-state index in [0.717, 1.165) is 17.0 Å². The predicted molar refractivity (Wildman–Crippen MR) is 116 cm³/mol. The van der Waals surface area contributed by atoms with Gasteiger partial charge in [0.2, 0.25) is 0 Å². The number of allylic oxidation sites excluding steroid dienone is 1. The fraction of sp³-hybridized carbons (Fsp3) is 0.217. The van der Waals surface area contributed by atoms with E-state index in [0.29, 0.717) is 17.3 Å². The molecular weight excluding hydrogens is 400 g/mol. The number of nitrogens with one attached hydrogen (secondary N) is 2. The minimum atomic E-state index is -0.306. The molecule has 3 aromatic rings. The molecule has 2 N–H and O–H groups in total. The summed E-state index contributed by atoms with van der Waals surface area (Å²) in [6.07, 6.45) is 0. The van der Waals surface area contributed by atoms with Crippen LogP contribution in [0.4, 0.5) is 0 Å². The van der Waals surface area contributed by atoms with Gasteiger partial charge in [0.25, 0.3) is 5.91 Å². The molecule has 0 aliphatic carbocycles. The largest absolute Gasteiger partial charge is 0.355 e. The van der Waals surface area contributed by atoms with Crippen LogP contribution in [0.25, 0.3) is 11.3 Å². The first-order chi connectivity index (χ1) is 14.4. The van der Waals surface area contributed by atoms with E-state index in [1.54, 1.807) is 18.2 Å². The third-order valence-electron chi connectivity index (χ3n) is 5.29. The molecule has 2 heterocycles. The third-order valence-corrected chi connectivity index (χ3v) is 5.54. The van der Waals surface area contributed by atoms with Crippen LogP contribution in [-0.4, -0.2) is 22.1 Å². The lowest BCUT2D eigenvalue weighted by Gasteiger charge is -2.22. The fourth-order valence-corrected chi connectivity index (χ4v) is 3.62. The minimum Gasteiger partial charge on any atom is -0.355 e. The van der Waals surface area contributed by atoms with Crippen LogP contribution in [0.3, 0.4) is 0 Å². The maximum absolute atomic E-state index is 12.8. The lowest BCUT2D eigenvalue weighted by molar-refractivity contribution is 0.0954. The van der Waals surface area contributed by atoms with Crippen LogP contribution in [0.1, 0.15) is 35.5 Å². The molecule has 154 valence electrons. The number of hydrogen-bond acceptors (Lipinski definition) is 5. The molecule has 30 heavy (non-hydrogen) atoms. The van der Waals surface area contributed by atoms with E-state index in [1.165, 1.54) is 11.1 Å². The first-order valence-corrected chi connectivity index (χ1v) is 10.1. The molecule has 0 radical (unpaired) electrons. The summed E-state index contributed by atoms with van der Waals surface area (Å²) in [5.41, 5.74) is 8.70. The molecule has 1 atom stereocenters. The van der Waals surface area contributed by atoms with Crippen LogP contribution < -0.4 is 10.7 Å². The highest BCUT2D eigenvalue weighted by molar-refractivity contribution is 6.30. The third kappa shape index (κ3) is 4.10. The van der Waals surface area contributed by atoms with Crippen LogP contribution in [-0.2, 0) is 6.54 Å². The molecule has 0 saturated heterocycles. The second-order valence-electron chi connectivity index (χ2n) is 7.40. The highest BCUT2D eigenvalue weighted by atomic mass is 35.5. The molecule has 7 heteroatoms. The Labute approximate surface area is 180 Å². The summed E-state index contributed by atoms with van der Waals surface area (Å²) in [6, 6.07) is 17.1. The number of aryl methyl sites for hydroxylation is 1. The zero-order chi connectivity index (χ0) is 21.3. The van der Waals surface area contributed by atoms with Crippen LogP contribution in [0.5, 0.6) is 0 Å². The van der Waals surface area contributed by atoms with E-state index < -0.39 is 0 Å². The highest BCUT2D eigenvalue weighted by Gasteiger charge is 2.28. The van der Waals surface area contributed by atoms with E-state index in [9.17, 15) is 4.79 Å². The zero-order valence-corrected chi connectivity index (χ0v) is 17.8. The molecule has 4 rings (SSSR count). The van der Waals surface area contributed by atoms with Crippen molar-refractivity contribution in [2.45, 2.75) is 33.4 Å². The van der Waals surface area contributed by atoms with Gasteiger partial charge in [-0.3, -0.25) is 4.79 Å². The molecule has 1 aliphatic rings. The van der Waals surface area contributed by atoms with E-state index in [2.05, 4.69) is 40.0 Å². The van der Waals surface area contributed by atoms with Gasteiger partial charge in [-0.2, -0.15) is 0 Å². The number of hydrazine groups is 1. The van der Waals surface area contributed by atoms with Crippen molar-refractivity contribution in [1.29, 1.82) is 0 Å². The van der Waals surface area contributed by atoms with Gasteiger partial charge in [-0.05, 0) is 56.2 Å². The summed E-state index contributed by atoms with van der Waals surface area (Å²) in [5, 5.41) is 9.62. The summed E-state index contributed by atoms with van der Waals surface area (Å²) < 4.78 is 5.35. The van der Waals surface area contributed by atoms with Gasteiger partial charge in [-0.25, -0.2) is 5.43 Å². The summed E-state index contributed by atoms with van der Waals surface area (Å²) in [4.78, 5) is 12.8. The normalized spacial score (nSPS) is 16.3. The molecule has 0 saturated carbocycles. The molecular formula is C23H23ClN4O2. The molecule has 0 fully saturated rings. The Kier molecular flexibility index (Phi) is 5.61. The van der Waals surface area contributed by atoms with E-state index in [1.807, 2.05) is 38.1 Å². The van der Waals surface area contributed by atoms with Crippen LogP contribution in [0.2, 0.25) is 5.02 Å². The Balaban J connectivity index is 1.49. The molecule has 0 spiro atoms. The summed E-state index contributed by atoms with van der Waals surface area (Å²) >= 11 is 5.92. The zero-order valence-electron chi connectivity index (χ0n) is 17.1. The van der Waals surface area contributed by atoms with Crippen molar-refractivity contribution in [3.05, 3.63) is 87.8 Å². The first-order valence-electron chi connectivity index (χ1n) is 9.75. The summed E-state index contributed by atoms with van der Waals surface area (Å²) in [5.74, 6) is 0.209. The van der Waals surface area contributed by atoms with Gasteiger partial charge in [0.05, 0.1) is 18.3 Å². The number of halogens is 1. The Morgan fingerprint density at radius 2 is 1.93 bits per heavy atom. The molecule has 1 aliphatic heterocycles. The molecule has 1 amide bonds. The van der Waals surface area contributed by atoms with Crippen molar-refractivity contribution in [3.8, 4) is 11.3 Å². The monoisotopic (exact) mass is 422 g/mol. The first kappa shape index (κ1) is 20.2. The van der Waals surface area contributed by atoms with Gasteiger partial charge in [0.1, 0.15) is 0 Å². The van der Waals surface area contributed by atoms with Crippen molar-refractivity contribution >= 4 is 17.5 Å². The van der Waals surface area contributed by atoms with Crippen molar-refractivity contribution in [3.63, 3.8) is 0 Å². The number of rotatable bonds is 5. The standard InChI is InChI=1S/C23H23ClN4O2/c1-14-6-4-5-7-18(14)13-28-16(3)22(15(2)26-28)25-23(29)20-12-21(30-27-20)17-8-10-19(24)11-9-17/h4-12,15,26H,13H2,1-3H3,(H,25,29)/t15-/m0/s1. The number of hydrogen-bond donors (Lipinski definition) is 2. The van der Waals surface area contributed by atoms with Crippen LogP contribution in [0, 0.1) is 6.92 Å². The van der Waals surface area contributed by atoms with Gasteiger partial charge >= 0.3 is 0 Å². The summed E-state index contributed by atoms with van der Waals surface area (Å²) in [6.45, 7) is 6.82. The number of carbonyl (C=O) groups excluding carboxylic acids is 1. The van der Waals surface area contributed by atoms with Crippen molar-refractivity contribution in [2.24, 2.45) is 0 Å². The predicted octanol–water partition coefficient (Wildman–Crippen LogP) is 4.67. The number of aromatic nitrogens is 1. The lowest BCUT2D eigenvalue weighted by atomic mass is 10.1. The fourth-order valence-electron chi connectivity index (χ4n) is 3.49. The van der Waals surface area contributed by atoms with Crippen molar-refractivity contribution < 1.29 is 9.32 Å². The van der Waals surface area contributed by atoms with Gasteiger partial charge in [0.15, 0.2) is 11.5 Å². The number of amides is 1. The second kappa shape index (κ2) is 8.34. The smallest absolute Gasteiger partial charge is 0.277 e. The second-order valence-corrected chi connectivity index (χ2v) is 7.84. The average Bonchev–Trinajstić information content (AvgIpc) is 3.32. The number of nitrogens with zero attached hydrogens (tertiary/aromatic N) is 2.